The minimum atomic E-state index is -5.03. The van der Waals surface area contributed by atoms with Crippen LogP contribution in [0.5, 0.6) is 0 Å². The summed E-state index contributed by atoms with van der Waals surface area (Å²) in [4.78, 5) is 0. The summed E-state index contributed by atoms with van der Waals surface area (Å²) in [5.41, 5.74) is -3.95. The van der Waals surface area contributed by atoms with Gasteiger partial charge in [-0.15, -0.1) is 12.4 Å². The van der Waals surface area contributed by atoms with Crippen LogP contribution in [0.1, 0.15) is 29.2 Å². The van der Waals surface area contributed by atoms with Crippen molar-refractivity contribution in [3.05, 3.63) is 34.6 Å². The van der Waals surface area contributed by atoms with E-state index >= 15 is 0 Å². The molecule has 1 aromatic carbocycles. The molecule has 2 rings (SSSR count). The molecule has 0 aliphatic carbocycles. The van der Waals surface area contributed by atoms with Gasteiger partial charge in [0.05, 0.1) is 11.1 Å². The largest absolute Gasteiger partial charge is 0.416 e. The number of benzene rings is 1. The summed E-state index contributed by atoms with van der Waals surface area (Å²) in [6.07, 6.45) is -9.80. The molecule has 1 aliphatic heterocycles. The molecule has 114 valence electrons. The Bertz CT molecular complexity index is 491. The Morgan fingerprint density at radius 2 is 1.55 bits per heavy atom. The van der Waals surface area contributed by atoms with Crippen molar-refractivity contribution < 1.29 is 30.7 Å². The lowest BCUT2D eigenvalue weighted by molar-refractivity contribution is -0.144. The Morgan fingerprint density at radius 3 is 1.90 bits per heavy atom. The summed E-state index contributed by atoms with van der Waals surface area (Å²) in [5, 5.41) is 2.55. The monoisotopic (exact) mass is 323 g/mol. The van der Waals surface area contributed by atoms with Crippen LogP contribution in [-0.4, -0.2) is 6.54 Å². The fourth-order valence-corrected chi connectivity index (χ4v) is 1.91. The molecule has 0 unspecified atom stereocenters. The molecule has 0 radical (unpaired) electrons. The van der Waals surface area contributed by atoms with E-state index in [1.54, 1.807) is 0 Å². The van der Waals surface area contributed by atoms with Crippen molar-refractivity contribution in [2.75, 3.05) is 6.54 Å². The number of hydrogen-bond donors (Lipinski definition) is 1. The highest BCUT2D eigenvalue weighted by atomic mass is 35.5. The highest BCUT2D eigenvalue weighted by Gasteiger charge is 2.42. The Labute approximate surface area is 115 Å². The molecule has 9 heteroatoms. The number of hydrogen-bond acceptors (Lipinski definition) is 1. The maximum atomic E-state index is 13.6. The molecule has 1 nitrogen and oxygen atoms in total. The first-order chi connectivity index (χ1) is 8.60. The molecule has 1 atom stereocenters. The maximum absolute atomic E-state index is 13.6. The second kappa shape index (κ2) is 5.40. The lowest BCUT2D eigenvalue weighted by Crippen LogP contribution is -2.37. The average Bonchev–Trinajstić information content (AvgIpc) is 2.14. The van der Waals surface area contributed by atoms with Gasteiger partial charge in [-0.25, -0.2) is 4.39 Å². The molecule has 0 bridgehead atoms. The Hall–Kier alpha value is -1.02. The van der Waals surface area contributed by atoms with Gasteiger partial charge in [0, 0.05) is 11.6 Å². The second-order valence-electron chi connectivity index (χ2n) is 4.21. The van der Waals surface area contributed by atoms with Crippen LogP contribution in [0.3, 0.4) is 0 Å². The first kappa shape index (κ1) is 17.0. The summed E-state index contributed by atoms with van der Waals surface area (Å²) < 4.78 is 89.1. The summed E-state index contributed by atoms with van der Waals surface area (Å²) in [6.45, 7) is 0.405. The van der Waals surface area contributed by atoms with Gasteiger partial charge in [-0.3, -0.25) is 0 Å². The first-order valence-corrected chi connectivity index (χ1v) is 5.32. The van der Waals surface area contributed by atoms with Crippen LogP contribution >= 0.6 is 12.4 Å². The van der Waals surface area contributed by atoms with Crippen molar-refractivity contribution in [2.24, 2.45) is 0 Å². The molecule has 0 aromatic heterocycles. The second-order valence-corrected chi connectivity index (χ2v) is 4.21. The molecule has 1 fully saturated rings. The van der Waals surface area contributed by atoms with E-state index < -0.39 is 40.9 Å². The quantitative estimate of drug-likeness (QED) is 0.759. The number of alkyl halides is 6. The third-order valence-electron chi connectivity index (χ3n) is 2.93. The van der Waals surface area contributed by atoms with E-state index in [1.165, 1.54) is 0 Å². The molecule has 1 aliphatic rings. The molecule has 1 aromatic rings. The normalized spacial score (nSPS) is 19.2. The van der Waals surface area contributed by atoms with Crippen molar-refractivity contribution in [2.45, 2.75) is 24.8 Å². The van der Waals surface area contributed by atoms with Crippen LogP contribution in [0.15, 0.2) is 12.1 Å². The Morgan fingerprint density at radius 1 is 1.00 bits per heavy atom. The van der Waals surface area contributed by atoms with Gasteiger partial charge in [0.25, 0.3) is 0 Å². The predicted molar refractivity (Wildman–Crippen MR) is 59.0 cm³/mol. The van der Waals surface area contributed by atoms with E-state index in [1.807, 2.05) is 0 Å². The van der Waals surface area contributed by atoms with E-state index in [9.17, 15) is 30.7 Å². The van der Waals surface area contributed by atoms with Gasteiger partial charge >= 0.3 is 12.4 Å². The van der Waals surface area contributed by atoms with E-state index in [4.69, 9.17) is 0 Å². The lowest BCUT2D eigenvalue weighted by Gasteiger charge is -2.31. The molecule has 1 heterocycles. The minimum Gasteiger partial charge on any atom is -0.310 e. The average molecular weight is 324 g/mol. The lowest BCUT2D eigenvalue weighted by atomic mass is 9.91. The van der Waals surface area contributed by atoms with E-state index in [0.29, 0.717) is 6.54 Å². The summed E-state index contributed by atoms with van der Waals surface area (Å²) in [5.74, 6) is -1.49. The molecular weight excluding hydrogens is 315 g/mol. The van der Waals surface area contributed by atoms with Crippen molar-refractivity contribution in [1.82, 2.24) is 5.32 Å². The van der Waals surface area contributed by atoms with Crippen molar-refractivity contribution in [3.8, 4) is 0 Å². The topological polar surface area (TPSA) is 12.0 Å². The van der Waals surface area contributed by atoms with Crippen molar-refractivity contribution >= 4 is 12.4 Å². The molecule has 20 heavy (non-hydrogen) atoms. The van der Waals surface area contributed by atoms with Crippen LogP contribution < -0.4 is 5.32 Å². The van der Waals surface area contributed by atoms with E-state index in [0.717, 1.165) is 0 Å². The summed E-state index contributed by atoms with van der Waals surface area (Å²) in [6, 6.07) is -0.831. The number of nitrogens with one attached hydrogen (secondary N) is 1. The smallest absolute Gasteiger partial charge is 0.310 e. The van der Waals surface area contributed by atoms with Gasteiger partial charge in [-0.05, 0) is 25.1 Å². The van der Waals surface area contributed by atoms with Crippen LogP contribution in [0, 0.1) is 5.82 Å². The van der Waals surface area contributed by atoms with Crippen molar-refractivity contribution in [1.29, 1.82) is 0 Å². The highest BCUT2D eigenvalue weighted by Crippen LogP contribution is 2.42. The van der Waals surface area contributed by atoms with Gasteiger partial charge in [0.15, 0.2) is 0 Å². The summed E-state index contributed by atoms with van der Waals surface area (Å²) >= 11 is 0. The van der Waals surface area contributed by atoms with Gasteiger partial charge in [-0.1, -0.05) is 0 Å². The first-order valence-electron chi connectivity index (χ1n) is 5.32. The third kappa shape index (κ3) is 3.17. The van der Waals surface area contributed by atoms with Crippen LogP contribution in [0.25, 0.3) is 0 Å². The van der Waals surface area contributed by atoms with E-state index in [2.05, 4.69) is 5.32 Å². The zero-order valence-electron chi connectivity index (χ0n) is 9.70. The molecule has 1 saturated heterocycles. The Kier molecular flexibility index (Phi) is 4.60. The minimum absolute atomic E-state index is 0. The van der Waals surface area contributed by atoms with Crippen LogP contribution in [-0.2, 0) is 12.4 Å². The van der Waals surface area contributed by atoms with Gasteiger partial charge in [-0.2, -0.15) is 26.3 Å². The van der Waals surface area contributed by atoms with Gasteiger partial charge in [0.1, 0.15) is 5.82 Å². The number of rotatable bonds is 1. The van der Waals surface area contributed by atoms with Crippen LogP contribution in [0.2, 0.25) is 0 Å². The molecule has 0 saturated carbocycles. The fourth-order valence-electron chi connectivity index (χ4n) is 1.91. The zero-order valence-corrected chi connectivity index (χ0v) is 10.5. The van der Waals surface area contributed by atoms with Crippen LogP contribution in [0.4, 0.5) is 30.7 Å². The third-order valence-corrected chi connectivity index (χ3v) is 2.93. The summed E-state index contributed by atoms with van der Waals surface area (Å²) in [7, 11) is 0. The predicted octanol–water partition coefficient (Wildman–Crippen LogP) is 4.32. The molecule has 1 N–H and O–H groups in total. The maximum Gasteiger partial charge on any atom is 0.416 e. The SMILES string of the molecule is Cl.Fc1cc(C(F)(F)F)cc(C(F)(F)F)c1[C@@H]1CCN1. The Balaban J connectivity index is 0.00000200. The van der Waals surface area contributed by atoms with Gasteiger partial charge in [0.2, 0.25) is 0 Å². The molecule has 0 spiro atoms. The number of halogens is 8. The zero-order chi connectivity index (χ0) is 14.4. The highest BCUT2D eigenvalue weighted by molar-refractivity contribution is 5.85. The standard InChI is InChI=1S/C11H8F7N.ClH/c12-7-4-5(10(13,14)15)3-6(11(16,17)18)9(7)8-1-2-19-8;/h3-4,8,19H,1-2H2;1H/t8-;/m0./s1. The van der Waals surface area contributed by atoms with E-state index in [-0.39, 0.29) is 31.0 Å². The molecule has 0 amide bonds. The van der Waals surface area contributed by atoms with Gasteiger partial charge < -0.3 is 5.32 Å². The van der Waals surface area contributed by atoms with Crippen molar-refractivity contribution in [3.63, 3.8) is 0 Å². The molecular formula is C11H9ClF7N. The fraction of sp³-hybridized carbons (Fsp3) is 0.455.